The molecule has 0 aliphatic heterocycles. The molecule has 0 bridgehead atoms. The van der Waals surface area contributed by atoms with Crippen LogP contribution in [-0.2, 0) is 0 Å². The third-order valence-electron chi connectivity index (χ3n) is 1.26. The molecule has 0 aromatic heterocycles. The zero-order chi connectivity index (χ0) is 6.24. The maximum Gasteiger partial charge on any atom is -0.0353 e. The summed E-state index contributed by atoms with van der Waals surface area (Å²) in [6.45, 7) is 5.89. The van der Waals surface area contributed by atoms with Crippen LogP contribution in [0.2, 0.25) is 0 Å². The number of allylic oxidation sites excluding steroid dienone is 1. The fourth-order valence-corrected chi connectivity index (χ4v) is 0.715. The third kappa shape index (κ3) is 11.5. The summed E-state index contributed by atoms with van der Waals surface area (Å²) in [6.07, 6.45) is 8.61. The average molecular weight is 148 g/mol. The second-order valence-corrected chi connectivity index (χ2v) is 2.14. The Morgan fingerprint density at radius 1 is 1.22 bits per heavy atom. The van der Waals surface area contributed by atoms with E-state index in [2.05, 4.69) is 13.5 Å². The number of hydrogen-bond donors (Lipinski definition) is 0. The molecule has 56 valence electrons. The van der Waals surface area contributed by atoms with Crippen molar-refractivity contribution in [3.63, 3.8) is 0 Å². The molecule has 0 aliphatic rings. The van der Waals surface area contributed by atoms with Crippen LogP contribution in [0.15, 0.2) is 12.7 Å². The molecule has 0 rings (SSSR count). The van der Waals surface area contributed by atoms with Gasteiger partial charge in [0.1, 0.15) is 0 Å². The Balaban J connectivity index is 0. The molecular weight excluding hydrogens is 132 g/mol. The summed E-state index contributed by atoms with van der Waals surface area (Å²) >= 11 is 0. The summed E-state index contributed by atoms with van der Waals surface area (Å²) in [6, 6.07) is 0. The molecule has 0 spiro atoms. The number of rotatable bonds is 5. The van der Waals surface area contributed by atoms with Gasteiger partial charge in [0.2, 0.25) is 0 Å². The highest BCUT2D eigenvalue weighted by Gasteiger charge is 1.81. The monoisotopic (exact) mass is 147 g/mol. The lowest BCUT2D eigenvalue weighted by Crippen LogP contribution is -3.00. The third-order valence-corrected chi connectivity index (χ3v) is 1.26. The largest absolute Gasteiger partial charge is 1.00 e. The molecule has 0 aliphatic carbocycles. The van der Waals surface area contributed by atoms with E-state index in [1.54, 1.807) is 0 Å². The lowest BCUT2D eigenvalue weighted by Gasteiger charge is -1.91. The highest BCUT2D eigenvalue weighted by Crippen LogP contribution is 2.01. The van der Waals surface area contributed by atoms with Crippen LogP contribution in [-0.4, -0.2) is 0 Å². The lowest BCUT2D eigenvalue weighted by molar-refractivity contribution is -0.00000184. The lowest BCUT2D eigenvalue weighted by atomic mass is 10.2. The minimum Gasteiger partial charge on any atom is -1.00 e. The summed E-state index contributed by atoms with van der Waals surface area (Å²) in [5.41, 5.74) is 0. The van der Waals surface area contributed by atoms with E-state index >= 15 is 0 Å². The smallest absolute Gasteiger partial charge is 0.0353 e. The van der Waals surface area contributed by atoms with Crippen molar-refractivity contribution in [2.75, 3.05) is 0 Å². The quantitative estimate of drug-likeness (QED) is 0.384. The topological polar surface area (TPSA) is 0 Å². The van der Waals surface area contributed by atoms with Crippen molar-refractivity contribution < 1.29 is 12.4 Å². The molecule has 0 N–H and O–H groups in total. The molecule has 0 amide bonds. The van der Waals surface area contributed by atoms with Crippen molar-refractivity contribution in [3.8, 4) is 0 Å². The van der Waals surface area contributed by atoms with Gasteiger partial charge in [0.25, 0.3) is 0 Å². The molecule has 0 atom stereocenters. The van der Waals surface area contributed by atoms with Gasteiger partial charge in [-0.2, -0.15) is 0 Å². The van der Waals surface area contributed by atoms with Gasteiger partial charge in [-0.15, -0.1) is 6.58 Å². The first kappa shape index (κ1) is 11.8. The summed E-state index contributed by atoms with van der Waals surface area (Å²) in [4.78, 5) is 0. The zero-order valence-corrected chi connectivity index (χ0v) is 6.95. The Labute approximate surface area is 64.8 Å². The summed E-state index contributed by atoms with van der Waals surface area (Å²) < 4.78 is 0. The van der Waals surface area contributed by atoms with Gasteiger partial charge in [0, 0.05) is 0 Å². The molecule has 1 heteroatoms. The fourth-order valence-electron chi connectivity index (χ4n) is 0.715. The van der Waals surface area contributed by atoms with E-state index in [-0.39, 0.29) is 12.4 Å². The fraction of sp³-hybridized carbons (Fsp3) is 0.750. The van der Waals surface area contributed by atoms with Gasteiger partial charge < -0.3 is 12.4 Å². The summed E-state index contributed by atoms with van der Waals surface area (Å²) in [5, 5.41) is 0. The molecule has 0 radical (unpaired) electrons. The Hall–Kier alpha value is 0.0300. The Morgan fingerprint density at radius 2 is 1.89 bits per heavy atom. The molecule has 0 heterocycles. The Bertz CT molecular complexity index is 50.5. The van der Waals surface area contributed by atoms with Gasteiger partial charge in [-0.05, 0) is 12.8 Å². The molecule has 0 saturated heterocycles. The van der Waals surface area contributed by atoms with E-state index in [1.165, 1.54) is 32.1 Å². The summed E-state index contributed by atoms with van der Waals surface area (Å²) in [5.74, 6) is 0. The highest BCUT2D eigenvalue weighted by molar-refractivity contribution is 4.64. The normalized spacial score (nSPS) is 8.11. The minimum atomic E-state index is 0. The van der Waals surface area contributed by atoms with Crippen LogP contribution in [0.5, 0.6) is 0 Å². The van der Waals surface area contributed by atoms with E-state index < -0.39 is 0 Å². The maximum absolute atomic E-state index is 3.66. The first-order chi connectivity index (χ1) is 3.91. The van der Waals surface area contributed by atoms with E-state index in [9.17, 15) is 0 Å². The van der Waals surface area contributed by atoms with E-state index in [1.807, 2.05) is 6.08 Å². The van der Waals surface area contributed by atoms with Gasteiger partial charge in [0.05, 0.1) is 0 Å². The van der Waals surface area contributed by atoms with E-state index in [0.717, 1.165) is 0 Å². The highest BCUT2D eigenvalue weighted by atomic mass is 35.5. The number of halogens is 1. The molecular formula is C8H16Cl-. The first-order valence-corrected chi connectivity index (χ1v) is 3.52. The van der Waals surface area contributed by atoms with Gasteiger partial charge in [-0.25, -0.2) is 0 Å². The van der Waals surface area contributed by atoms with Crippen LogP contribution in [0.1, 0.15) is 39.0 Å². The van der Waals surface area contributed by atoms with Crippen molar-refractivity contribution in [1.82, 2.24) is 0 Å². The van der Waals surface area contributed by atoms with Crippen LogP contribution in [0.4, 0.5) is 0 Å². The number of unbranched alkanes of at least 4 members (excludes halogenated alkanes) is 4. The molecule has 0 aromatic carbocycles. The van der Waals surface area contributed by atoms with Crippen molar-refractivity contribution in [2.24, 2.45) is 0 Å². The molecule has 0 saturated carbocycles. The Kier molecular flexibility index (Phi) is 14.3. The van der Waals surface area contributed by atoms with E-state index in [4.69, 9.17) is 0 Å². The Morgan fingerprint density at radius 3 is 2.33 bits per heavy atom. The van der Waals surface area contributed by atoms with Gasteiger partial charge >= 0.3 is 0 Å². The predicted molar refractivity (Wildman–Crippen MR) is 39.0 cm³/mol. The van der Waals surface area contributed by atoms with Gasteiger partial charge in [-0.1, -0.05) is 32.3 Å². The number of hydrogen-bond acceptors (Lipinski definition) is 0. The van der Waals surface area contributed by atoms with Crippen LogP contribution in [0.25, 0.3) is 0 Å². The van der Waals surface area contributed by atoms with Crippen LogP contribution in [0, 0.1) is 0 Å². The van der Waals surface area contributed by atoms with Gasteiger partial charge in [0.15, 0.2) is 0 Å². The average Bonchev–Trinajstić information content (AvgIpc) is 1.81. The zero-order valence-electron chi connectivity index (χ0n) is 6.20. The van der Waals surface area contributed by atoms with Crippen molar-refractivity contribution in [2.45, 2.75) is 39.0 Å². The second kappa shape index (κ2) is 10.9. The molecule has 0 aromatic rings. The molecule has 0 nitrogen and oxygen atoms in total. The van der Waals surface area contributed by atoms with Crippen molar-refractivity contribution in [3.05, 3.63) is 12.7 Å². The standard InChI is InChI=1S/C8H16.ClH/c1-3-5-7-8-6-4-2;/h3H,1,4-8H2,2H3;1H/p-1. The second-order valence-electron chi connectivity index (χ2n) is 2.14. The first-order valence-electron chi connectivity index (χ1n) is 3.52. The predicted octanol–water partition coefficient (Wildman–Crippen LogP) is 0.147. The molecule has 9 heavy (non-hydrogen) atoms. The molecule has 0 unspecified atom stereocenters. The van der Waals surface area contributed by atoms with Crippen molar-refractivity contribution >= 4 is 0 Å². The van der Waals surface area contributed by atoms with Gasteiger partial charge in [-0.3, -0.25) is 0 Å². The molecule has 0 fully saturated rings. The van der Waals surface area contributed by atoms with Crippen molar-refractivity contribution in [1.29, 1.82) is 0 Å². The van der Waals surface area contributed by atoms with Crippen LogP contribution < -0.4 is 12.4 Å². The SMILES string of the molecule is C=CCCCCCC.[Cl-]. The van der Waals surface area contributed by atoms with Crippen LogP contribution in [0.3, 0.4) is 0 Å². The van der Waals surface area contributed by atoms with E-state index in [0.29, 0.717) is 0 Å². The maximum atomic E-state index is 3.66. The van der Waals surface area contributed by atoms with Crippen LogP contribution >= 0.6 is 0 Å². The summed E-state index contributed by atoms with van der Waals surface area (Å²) in [7, 11) is 0. The minimum absolute atomic E-state index is 0.